The molecule has 2 fully saturated rings. The van der Waals surface area contributed by atoms with Crippen LogP contribution in [-0.4, -0.2) is 28.4 Å². The highest BCUT2D eigenvalue weighted by atomic mass is 16.4. The summed E-state index contributed by atoms with van der Waals surface area (Å²) in [6, 6.07) is 8.51. The molecule has 124 valence electrons. The van der Waals surface area contributed by atoms with Gasteiger partial charge in [-0.1, -0.05) is 24.3 Å². The second-order valence-corrected chi connectivity index (χ2v) is 6.93. The zero-order chi connectivity index (χ0) is 16.4. The molecule has 1 aromatic rings. The standard InChI is InChI=1S/C19H25NO3/c1-13-5-2-3-6-16(13)17-7-4-12-20(17)18(21)14-8-10-15(11-9-14)19(22)23/h2-3,5-6,14-15,17H,4,7-12H2,1H3,(H,22,23). The number of carboxylic acids is 1. The maximum Gasteiger partial charge on any atom is 0.306 e. The fraction of sp³-hybridized carbons (Fsp3) is 0.579. The summed E-state index contributed by atoms with van der Waals surface area (Å²) in [7, 11) is 0. The number of hydrogen-bond donors (Lipinski definition) is 1. The van der Waals surface area contributed by atoms with Gasteiger partial charge >= 0.3 is 5.97 Å². The number of carbonyl (C=O) groups is 2. The molecule has 1 aromatic carbocycles. The van der Waals surface area contributed by atoms with Gasteiger partial charge in [-0.2, -0.15) is 0 Å². The summed E-state index contributed by atoms with van der Waals surface area (Å²) < 4.78 is 0. The average Bonchev–Trinajstić information content (AvgIpc) is 3.04. The van der Waals surface area contributed by atoms with Crippen molar-refractivity contribution in [3.63, 3.8) is 0 Å². The summed E-state index contributed by atoms with van der Waals surface area (Å²) in [4.78, 5) is 26.1. The SMILES string of the molecule is Cc1ccccc1C1CCCN1C(=O)C1CCC(C(=O)O)CC1. The normalized spacial score (nSPS) is 27.9. The summed E-state index contributed by atoms with van der Waals surface area (Å²) in [6.45, 7) is 2.94. The Bertz CT molecular complexity index is 590. The van der Waals surface area contributed by atoms with Gasteiger partial charge in [-0.05, 0) is 56.6 Å². The topological polar surface area (TPSA) is 57.6 Å². The number of nitrogens with zero attached hydrogens (tertiary/aromatic N) is 1. The molecule has 1 heterocycles. The first-order chi connectivity index (χ1) is 11.1. The number of rotatable bonds is 3. The number of aliphatic carboxylic acids is 1. The van der Waals surface area contributed by atoms with Crippen LogP contribution in [0.15, 0.2) is 24.3 Å². The van der Waals surface area contributed by atoms with Crippen molar-refractivity contribution >= 4 is 11.9 Å². The maximum atomic E-state index is 13.0. The quantitative estimate of drug-likeness (QED) is 0.928. The molecule has 1 atom stereocenters. The zero-order valence-electron chi connectivity index (χ0n) is 13.7. The van der Waals surface area contributed by atoms with Gasteiger partial charge in [0.2, 0.25) is 5.91 Å². The van der Waals surface area contributed by atoms with Gasteiger partial charge in [0.1, 0.15) is 0 Å². The number of benzene rings is 1. The lowest BCUT2D eigenvalue weighted by molar-refractivity contribution is -0.146. The second-order valence-electron chi connectivity index (χ2n) is 6.93. The van der Waals surface area contributed by atoms with Crippen LogP contribution in [0.1, 0.15) is 55.7 Å². The van der Waals surface area contributed by atoms with Crippen molar-refractivity contribution in [1.82, 2.24) is 4.90 Å². The third kappa shape index (κ3) is 3.26. The van der Waals surface area contributed by atoms with E-state index in [1.165, 1.54) is 11.1 Å². The van der Waals surface area contributed by atoms with Crippen LogP contribution in [-0.2, 0) is 9.59 Å². The minimum Gasteiger partial charge on any atom is -0.481 e. The van der Waals surface area contributed by atoms with Gasteiger partial charge in [0.05, 0.1) is 12.0 Å². The fourth-order valence-electron chi connectivity index (χ4n) is 4.14. The van der Waals surface area contributed by atoms with Gasteiger partial charge in [-0.15, -0.1) is 0 Å². The van der Waals surface area contributed by atoms with Crippen LogP contribution >= 0.6 is 0 Å². The highest BCUT2D eigenvalue weighted by molar-refractivity contribution is 5.80. The fourth-order valence-corrected chi connectivity index (χ4v) is 4.14. The molecule has 3 rings (SSSR count). The molecule has 1 N–H and O–H groups in total. The Kier molecular flexibility index (Phi) is 4.69. The van der Waals surface area contributed by atoms with E-state index >= 15 is 0 Å². The number of carboxylic acid groups (broad SMARTS) is 1. The first-order valence-corrected chi connectivity index (χ1v) is 8.66. The minimum atomic E-state index is -0.713. The molecule has 0 aromatic heterocycles. The third-order valence-electron chi connectivity index (χ3n) is 5.51. The molecule has 4 nitrogen and oxygen atoms in total. The van der Waals surface area contributed by atoms with Crippen LogP contribution in [0.2, 0.25) is 0 Å². The molecule has 0 radical (unpaired) electrons. The van der Waals surface area contributed by atoms with E-state index in [9.17, 15) is 9.59 Å². The predicted molar refractivity (Wildman–Crippen MR) is 88.0 cm³/mol. The highest BCUT2D eigenvalue weighted by Gasteiger charge is 2.37. The Morgan fingerprint density at radius 1 is 1.04 bits per heavy atom. The molecule has 1 unspecified atom stereocenters. The molecule has 1 saturated carbocycles. The maximum absolute atomic E-state index is 13.0. The summed E-state index contributed by atoms with van der Waals surface area (Å²) >= 11 is 0. The Balaban J connectivity index is 1.70. The molecule has 1 aliphatic carbocycles. The summed E-state index contributed by atoms with van der Waals surface area (Å²) in [5.74, 6) is -0.727. The number of aryl methyl sites for hydroxylation is 1. The second kappa shape index (κ2) is 6.73. The van der Waals surface area contributed by atoms with Crippen molar-refractivity contribution in [3.8, 4) is 0 Å². The summed E-state index contributed by atoms with van der Waals surface area (Å²) in [6.07, 6.45) is 4.78. The summed E-state index contributed by atoms with van der Waals surface area (Å²) in [5, 5.41) is 9.10. The van der Waals surface area contributed by atoms with E-state index in [1.54, 1.807) is 0 Å². The Hall–Kier alpha value is -1.84. The van der Waals surface area contributed by atoms with E-state index in [1.807, 2.05) is 17.0 Å². The highest BCUT2D eigenvalue weighted by Crippen LogP contribution is 2.37. The molecule has 1 saturated heterocycles. The average molecular weight is 315 g/mol. The van der Waals surface area contributed by atoms with Crippen LogP contribution in [0.25, 0.3) is 0 Å². The lowest BCUT2D eigenvalue weighted by atomic mass is 9.81. The van der Waals surface area contributed by atoms with Crippen LogP contribution in [0.4, 0.5) is 0 Å². The Morgan fingerprint density at radius 3 is 2.35 bits per heavy atom. The molecule has 2 aliphatic rings. The first kappa shape index (κ1) is 16.0. The van der Waals surface area contributed by atoms with E-state index in [4.69, 9.17) is 5.11 Å². The molecular formula is C19H25NO3. The van der Waals surface area contributed by atoms with E-state index in [-0.39, 0.29) is 23.8 Å². The van der Waals surface area contributed by atoms with Crippen molar-refractivity contribution in [2.75, 3.05) is 6.54 Å². The van der Waals surface area contributed by atoms with Crippen molar-refractivity contribution < 1.29 is 14.7 Å². The smallest absolute Gasteiger partial charge is 0.306 e. The third-order valence-corrected chi connectivity index (χ3v) is 5.51. The molecule has 0 spiro atoms. The number of likely N-dealkylation sites (tertiary alicyclic amines) is 1. The molecule has 1 aliphatic heterocycles. The van der Waals surface area contributed by atoms with E-state index < -0.39 is 5.97 Å². The zero-order valence-corrected chi connectivity index (χ0v) is 13.7. The van der Waals surface area contributed by atoms with E-state index in [0.29, 0.717) is 25.7 Å². The Morgan fingerprint density at radius 2 is 1.70 bits per heavy atom. The molecule has 4 heteroatoms. The first-order valence-electron chi connectivity index (χ1n) is 8.66. The predicted octanol–water partition coefficient (Wildman–Crippen LogP) is 3.55. The van der Waals surface area contributed by atoms with Gasteiger partial charge in [0, 0.05) is 12.5 Å². The molecule has 23 heavy (non-hydrogen) atoms. The summed E-state index contributed by atoms with van der Waals surface area (Å²) in [5.41, 5.74) is 2.50. The van der Waals surface area contributed by atoms with Crippen LogP contribution in [0, 0.1) is 18.8 Å². The van der Waals surface area contributed by atoms with Gasteiger partial charge in [-0.25, -0.2) is 0 Å². The largest absolute Gasteiger partial charge is 0.481 e. The monoisotopic (exact) mass is 315 g/mol. The lowest BCUT2D eigenvalue weighted by Gasteiger charge is -2.32. The molecule has 1 amide bonds. The minimum absolute atomic E-state index is 0.00946. The number of amides is 1. The van der Waals surface area contributed by atoms with Gasteiger partial charge in [0.15, 0.2) is 0 Å². The van der Waals surface area contributed by atoms with Crippen molar-refractivity contribution in [2.45, 2.75) is 51.5 Å². The van der Waals surface area contributed by atoms with Gasteiger partial charge < -0.3 is 10.0 Å². The van der Waals surface area contributed by atoms with Crippen molar-refractivity contribution in [1.29, 1.82) is 0 Å². The molecular weight excluding hydrogens is 290 g/mol. The number of carbonyl (C=O) groups excluding carboxylic acids is 1. The van der Waals surface area contributed by atoms with Gasteiger partial charge in [-0.3, -0.25) is 9.59 Å². The van der Waals surface area contributed by atoms with E-state index in [2.05, 4.69) is 19.1 Å². The van der Waals surface area contributed by atoms with Gasteiger partial charge in [0.25, 0.3) is 0 Å². The number of hydrogen-bond acceptors (Lipinski definition) is 2. The lowest BCUT2D eigenvalue weighted by Crippen LogP contribution is -2.38. The van der Waals surface area contributed by atoms with Crippen LogP contribution in [0.3, 0.4) is 0 Å². The van der Waals surface area contributed by atoms with E-state index in [0.717, 1.165) is 19.4 Å². The Labute approximate surface area is 137 Å². The van der Waals surface area contributed by atoms with Crippen molar-refractivity contribution in [2.24, 2.45) is 11.8 Å². The molecule has 0 bridgehead atoms. The van der Waals surface area contributed by atoms with Crippen LogP contribution in [0.5, 0.6) is 0 Å². The van der Waals surface area contributed by atoms with Crippen LogP contribution < -0.4 is 0 Å². The van der Waals surface area contributed by atoms with Crippen molar-refractivity contribution in [3.05, 3.63) is 35.4 Å².